The van der Waals surface area contributed by atoms with Crippen LogP contribution in [0.3, 0.4) is 0 Å². The van der Waals surface area contributed by atoms with Crippen LogP contribution in [-0.4, -0.2) is 26.1 Å². The van der Waals surface area contributed by atoms with E-state index in [1.54, 1.807) is 25.3 Å². The number of rotatable bonds is 7. The molecule has 0 aromatic heterocycles. The molecule has 0 fully saturated rings. The molecule has 8 heteroatoms. The highest BCUT2D eigenvalue weighted by molar-refractivity contribution is 9.10. The number of methoxy groups -OCH3 is 2. The molecule has 3 rings (SSSR count). The normalized spacial score (nSPS) is 10.9. The lowest BCUT2D eigenvalue weighted by molar-refractivity contribution is -0.112. The Morgan fingerprint density at radius 3 is 2.44 bits per heavy atom. The van der Waals surface area contributed by atoms with Crippen molar-refractivity contribution >= 4 is 51.2 Å². The Balaban J connectivity index is 1.84. The smallest absolute Gasteiger partial charge is 0.337 e. The average Bonchev–Trinajstić information content (AvgIpc) is 2.84. The third-order valence-corrected chi connectivity index (χ3v) is 6.04. The summed E-state index contributed by atoms with van der Waals surface area (Å²) in [6, 6.07) is 19.2. The van der Waals surface area contributed by atoms with Crippen molar-refractivity contribution < 1.29 is 19.1 Å². The van der Waals surface area contributed by atoms with Crippen LogP contribution in [0.5, 0.6) is 5.75 Å². The summed E-state index contributed by atoms with van der Waals surface area (Å²) < 4.78 is 11.0. The molecule has 1 amide bonds. The van der Waals surface area contributed by atoms with Crippen LogP contribution in [0.25, 0.3) is 6.08 Å². The summed E-state index contributed by atoms with van der Waals surface area (Å²) in [6.45, 7) is 0. The van der Waals surface area contributed by atoms with Gasteiger partial charge in [0, 0.05) is 27.2 Å². The molecule has 1 N–H and O–H groups in total. The van der Waals surface area contributed by atoms with E-state index in [2.05, 4.69) is 26.0 Å². The fourth-order valence-corrected chi connectivity index (χ4v) is 4.02. The van der Waals surface area contributed by atoms with Crippen molar-refractivity contribution in [3.8, 4) is 11.8 Å². The molecule has 0 saturated heterocycles. The number of hydrogen-bond acceptors (Lipinski definition) is 5. The number of carbonyl (C=O) groups excluding carboxylic acids is 2. The fourth-order valence-electron chi connectivity index (χ4n) is 3.22. The first-order chi connectivity index (χ1) is 16.4. The molecule has 3 aromatic carbocycles. The van der Waals surface area contributed by atoms with Crippen molar-refractivity contribution in [3.05, 3.63) is 98.0 Å². The summed E-state index contributed by atoms with van der Waals surface area (Å²) in [6.07, 6.45) is 2.02. The zero-order valence-electron chi connectivity index (χ0n) is 18.4. The molecule has 3 aromatic rings. The third kappa shape index (κ3) is 6.04. The van der Waals surface area contributed by atoms with Crippen LogP contribution in [0.15, 0.2) is 70.7 Å². The van der Waals surface area contributed by atoms with E-state index in [0.717, 1.165) is 15.6 Å². The van der Waals surface area contributed by atoms with Crippen molar-refractivity contribution in [3.63, 3.8) is 0 Å². The molecule has 0 saturated carbocycles. The summed E-state index contributed by atoms with van der Waals surface area (Å²) >= 11 is 9.88. The maximum absolute atomic E-state index is 12.7. The van der Waals surface area contributed by atoms with Gasteiger partial charge in [0.05, 0.1) is 19.8 Å². The Morgan fingerprint density at radius 1 is 1.12 bits per heavy atom. The molecule has 0 heterocycles. The van der Waals surface area contributed by atoms with Gasteiger partial charge in [-0.3, -0.25) is 4.79 Å². The Hall–Kier alpha value is -3.60. The summed E-state index contributed by atoms with van der Waals surface area (Å²) in [5.41, 5.74) is 3.14. The molecular formula is C26H20BrClN2O4. The van der Waals surface area contributed by atoms with E-state index in [1.165, 1.54) is 25.3 Å². The van der Waals surface area contributed by atoms with Crippen molar-refractivity contribution in [2.75, 3.05) is 19.5 Å². The van der Waals surface area contributed by atoms with E-state index in [9.17, 15) is 14.9 Å². The Bertz CT molecular complexity index is 1300. The van der Waals surface area contributed by atoms with Gasteiger partial charge in [-0.1, -0.05) is 45.7 Å². The van der Waals surface area contributed by atoms with Gasteiger partial charge < -0.3 is 14.8 Å². The first-order valence-corrected chi connectivity index (χ1v) is 11.2. The van der Waals surface area contributed by atoms with Crippen molar-refractivity contribution in [2.45, 2.75) is 6.42 Å². The van der Waals surface area contributed by atoms with E-state index in [-0.39, 0.29) is 5.57 Å². The minimum absolute atomic E-state index is 0.0927. The summed E-state index contributed by atoms with van der Waals surface area (Å²) in [7, 11) is 2.85. The van der Waals surface area contributed by atoms with Crippen LogP contribution in [-0.2, 0) is 16.0 Å². The number of carbonyl (C=O) groups is 2. The van der Waals surface area contributed by atoms with Gasteiger partial charge in [0.15, 0.2) is 0 Å². The van der Waals surface area contributed by atoms with E-state index >= 15 is 0 Å². The predicted molar refractivity (Wildman–Crippen MR) is 135 cm³/mol. The summed E-state index contributed by atoms with van der Waals surface area (Å²) in [5.74, 6) is -0.465. The van der Waals surface area contributed by atoms with Crippen LogP contribution in [0.4, 0.5) is 5.69 Å². The number of ether oxygens (including phenoxy) is 2. The maximum atomic E-state index is 12.7. The molecule has 6 nitrogen and oxygen atoms in total. The van der Waals surface area contributed by atoms with Crippen LogP contribution < -0.4 is 10.1 Å². The van der Waals surface area contributed by atoms with Crippen LogP contribution in [0.1, 0.15) is 27.0 Å². The van der Waals surface area contributed by atoms with Gasteiger partial charge in [0.2, 0.25) is 0 Å². The van der Waals surface area contributed by atoms with Gasteiger partial charge in [0.1, 0.15) is 17.4 Å². The van der Waals surface area contributed by atoms with Gasteiger partial charge >= 0.3 is 5.97 Å². The van der Waals surface area contributed by atoms with E-state index in [1.807, 2.05) is 36.4 Å². The van der Waals surface area contributed by atoms with Crippen molar-refractivity contribution in [1.82, 2.24) is 0 Å². The highest BCUT2D eigenvalue weighted by Crippen LogP contribution is 2.33. The Labute approximate surface area is 210 Å². The lowest BCUT2D eigenvalue weighted by Crippen LogP contribution is -2.13. The number of hydrogen-bond donors (Lipinski definition) is 1. The highest BCUT2D eigenvalue weighted by atomic mass is 79.9. The van der Waals surface area contributed by atoms with Crippen LogP contribution >= 0.6 is 27.5 Å². The molecule has 0 radical (unpaired) electrons. The number of nitriles is 1. The second-order valence-electron chi connectivity index (χ2n) is 7.14. The zero-order chi connectivity index (χ0) is 24.7. The molecule has 0 unspecified atom stereocenters. The third-order valence-electron chi connectivity index (χ3n) is 4.96. The lowest BCUT2D eigenvalue weighted by Gasteiger charge is -2.13. The number of amides is 1. The molecule has 0 aliphatic carbocycles. The van der Waals surface area contributed by atoms with Crippen molar-refractivity contribution in [2.24, 2.45) is 0 Å². The Morgan fingerprint density at radius 2 is 1.82 bits per heavy atom. The van der Waals surface area contributed by atoms with Gasteiger partial charge in [-0.25, -0.2) is 4.79 Å². The second kappa shape index (κ2) is 11.5. The van der Waals surface area contributed by atoms with E-state index in [4.69, 9.17) is 16.3 Å². The fraction of sp³-hybridized carbons (Fsp3) is 0.115. The number of benzene rings is 3. The predicted octanol–water partition coefficient (Wildman–Crippen LogP) is 6.03. The number of esters is 1. The van der Waals surface area contributed by atoms with E-state index < -0.39 is 11.9 Å². The van der Waals surface area contributed by atoms with Crippen LogP contribution in [0, 0.1) is 11.3 Å². The number of nitrogens with one attached hydrogen (secondary N) is 1. The van der Waals surface area contributed by atoms with E-state index in [0.29, 0.717) is 34.0 Å². The topological polar surface area (TPSA) is 88.4 Å². The monoisotopic (exact) mass is 538 g/mol. The number of anilines is 1. The van der Waals surface area contributed by atoms with Gasteiger partial charge in [-0.15, -0.1) is 0 Å². The minimum Gasteiger partial charge on any atom is -0.496 e. The molecule has 34 heavy (non-hydrogen) atoms. The van der Waals surface area contributed by atoms with Gasteiger partial charge in [-0.2, -0.15) is 5.26 Å². The largest absolute Gasteiger partial charge is 0.496 e. The summed E-state index contributed by atoms with van der Waals surface area (Å²) in [5, 5.41) is 12.9. The molecule has 0 bridgehead atoms. The minimum atomic E-state index is -0.580. The quantitative estimate of drug-likeness (QED) is 0.225. The Kier molecular flexibility index (Phi) is 8.47. The van der Waals surface area contributed by atoms with Crippen LogP contribution in [0.2, 0.25) is 5.02 Å². The number of nitrogens with zero attached hydrogens (tertiary/aromatic N) is 1. The SMILES string of the molecule is COC(=O)c1ccc(NC(=O)/C(C#N)=C/c2cc(Br)c(Cc3ccccc3Cl)c(OC)c2)cc1. The standard InChI is InChI=1S/C26H20BrClN2O4/c1-33-24-13-16(12-22(27)21(24)14-18-5-3-4-6-23(18)28)11-19(15-29)25(31)30-20-9-7-17(8-10-20)26(32)34-2/h3-13H,14H2,1-2H3,(H,30,31)/b19-11+. The maximum Gasteiger partial charge on any atom is 0.337 e. The first-order valence-electron chi connectivity index (χ1n) is 10.1. The lowest BCUT2D eigenvalue weighted by atomic mass is 10.0. The average molecular weight is 540 g/mol. The first kappa shape index (κ1) is 25.0. The molecule has 0 atom stereocenters. The molecule has 0 spiro atoms. The number of halogens is 2. The molecular weight excluding hydrogens is 520 g/mol. The second-order valence-corrected chi connectivity index (χ2v) is 8.41. The van der Waals surface area contributed by atoms with Gasteiger partial charge in [0.25, 0.3) is 5.91 Å². The molecule has 0 aliphatic rings. The molecule has 0 aliphatic heterocycles. The highest BCUT2D eigenvalue weighted by Gasteiger charge is 2.15. The van der Waals surface area contributed by atoms with Gasteiger partial charge in [-0.05, 0) is 59.7 Å². The zero-order valence-corrected chi connectivity index (χ0v) is 20.7. The summed E-state index contributed by atoms with van der Waals surface area (Å²) in [4.78, 5) is 24.2. The molecule has 172 valence electrons. The van der Waals surface area contributed by atoms with Crippen molar-refractivity contribution in [1.29, 1.82) is 5.26 Å².